The van der Waals surface area contributed by atoms with Crippen LogP contribution >= 0.6 is 0 Å². The summed E-state index contributed by atoms with van der Waals surface area (Å²) in [5.74, 6) is -4.33. The molecule has 1 N–H and O–H groups in total. The number of allylic oxidation sites excluding steroid dienone is 3. The number of carbonyl (C=O) groups excluding carboxylic acids is 3. The predicted octanol–water partition coefficient (Wildman–Crippen LogP) is 6.51. The lowest BCUT2D eigenvalue weighted by atomic mass is 9.75. The Morgan fingerprint density at radius 2 is 1.64 bits per heavy atom. The number of carbonyl (C=O) groups is 3. The summed E-state index contributed by atoms with van der Waals surface area (Å²) in [4.78, 5) is 42.5. The molecule has 320 valence electrons. The molecule has 2 aromatic carbocycles. The highest BCUT2D eigenvalue weighted by Gasteiger charge is 2.49. The SMILES string of the molecule is CC1(CCCCCC(=O)ON2C(=O)CCC2=O)C(=CC=Cc2ccc3ccccc3[n+]2CCCCS(=O)(=O)[O-])N(CCCCS(=O)(=O)O)c2cc(F)cc(C(F)(F)F)c21. The van der Waals surface area contributed by atoms with Crippen LogP contribution < -0.4 is 9.47 Å². The zero-order valence-electron chi connectivity index (χ0n) is 32.2. The Bertz CT molecular complexity index is 2350. The fourth-order valence-electron chi connectivity index (χ4n) is 7.68. The number of hydrogen-bond acceptors (Lipinski definition) is 10. The third-order valence-corrected chi connectivity index (χ3v) is 12.0. The quantitative estimate of drug-likeness (QED) is 0.0456. The van der Waals surface area contributed by atoms with Crippen molar-refractivity contribution >= 4 is 60.7 Å². The van der Waals surface area contributed by atoms with E-state index in [1.54, 1.807) is 25.2 Å². The number of benzene rings is 2. The van der Waals surface area contributed by atoms with Gasteiger partial charge in [-0.3, -0.25) is 14.1 Å². The number of hydrogen-bond donors (Lipinski definition) is 1. The van der Waals surface area contributed by atoms with E-state index in [1.807, 2.05) is 41.0 Å². The van der Waals surface area contributed by atoms with E-state index in [0.717, 1.165) is 17.0 Å². The van der Waals surface area contributed by atoms with Crippen LogP contribution in [0.15, 0.2) is 66.4 Å². The van der Waals surface area contributed by atoms with E-state index in [4.69, 9.17) is 4.84 Å². The third-order valence-electron chi connectivity index (χ3n) is 10.4. The van der Waals surface area contributed by atoms with Crippen LogP contribution in [0.4, 0.5) is 23.2 Å². The maximum absolute atomic E-state index is 15.1. The summed E-state index contributed by atoms with van der Waals surface area (Å²) in [6.07, 6.45) is 1.13. The van der Waals surface area contributed by atoms with Crippen LogP contribution in [-0.2, 0) is 57.6 Å². The van der Waals surface area contributed by atoms with Crippen LogP contribution in [0.2, 0.25) is 0 Å². The van der Waals surface area contributed by atoms with Gasteiger partial charge in [0.2, 0.25) is 11.2 Å². The second kappa shape index (κ2) is 18.7. The Morgan fingerprint density at radius 3 is 2.32 bits per heavy atom. The van der Waals surface area contributed by atoms with Crippen LogP contribution in [-0.4, -0.2) is 66.8 Å². The van der Waals surface area contributed by atoms with Crippen LogP contribution in [0, 0.1) is 5.82 Å². The van der Waals surface area contributed by atoms with Crippen LogP contribution in [0.3, 0.4) is 0 Å². The van der Waals surface area contributed by atoms with Crippen molar-refractivity contribution in [2.24, 2.45) is 0 Å². The van der Waals surface area contributed by atoms with Gasteiger partial charge in [-0.25, -0.2) is 17.6 Å². The molecule has 2 amide bonds. The summed E-state index contributed by atoms with van der Waals surface area (Å²) in [7, 11) is -8.75. The minimum absolute atomic E-state index is 0.0308. The summed E-state index contributed by atoms with van der Waals surface area (Å²) >= 11 is 0. The topological polar surface area (TPSA) is 182 Å². The van der Waals surface area contributed by atoms with Crippen molar-refractivity contribution in [3.8, 4) is 0 Å². The minimum Gasteiger partial charge on any atom is -0.748 e. The van der Waals surface area contributed by atoms with E-state index in [-0.39, 0.29) is 75.6 Å². The number of alkyl halides is 3. The van der Waals surface area contributed by atoms with Crippen molar-refractivity contribution in [3.63, 3.8) is 0 Å². The van der Waals surface area contributed by atoms with Crippen molar-refractivity contribution < 1.29 is 67.3 Å². The van der Waals surface area contributed by atoms with Crippen molar-refractivity contribution in [3.05, 3.63) is 89.0 Å². The van der Waals surface area contributed by atoms with Gasteiger partial charge in [0, 0.05) is 78.4 Å². The molecule has 0 spiro atoms. The summed E-state index contributed by atoms with van der Waals surface area (Å²) in [5.41, 5.74) is -1.01. The Balaban J connectivity index is 1.50. The Kier molecular flexibility index (Phi) is 14.4. The number of unbranched alkanes of at least 4 members (excludes halogenated alkanes) is 4. The van der Waals surface area contributed by atoms with E-state index in [1.165, 1.54) is 4.90 Å². The van der Waals surface area contributed by atoms with Crippen molar-refractivity contribution in [1.82, 2.24) is 5.06 Å². The average molecular weight is 868 g/mol. The number of aromatic nitrogens is 1. The first kappa shape index (κ1) is 45.4. The maximum Gasteiger partial charge on any atom is 0.416 e. The minimum atomic E-state index is -4.97. The molecule has 2 aliphatic heterocycles. The Morgan fingerprint density at radius 1 is 0.949 bits per heavy atom. The van der Waals surface area contributed by atoms with Gasteiger partial charge in [0.25, 0.3) is 21.9 Å². The summed E-state index contributed by atoms with van der Waals surface area (Å²) in [6.45, 7) is 1.91. The highest BCUT2D eigenvalue weighted by Crippen LogP contribution is 2.55. The molecule has 0 aliphatic carbocycles. The van der Waals surface area contributed by atoms with Crippen LogP contribution in [0.25, 0.3) is 17.0 Å². The van der Waals surface area contributed by atoms with E-state index in [0.29, 0.717) is 41.9 Å². The first-order chi connectivity index (χ1) is 27.7. The number of fused-ring (bicyclic) bond motifs is 2. The van der Waals surface area contributed by atoms with Gasteiger partial charge in [-0.2, -0.15) is 26.2 Å². The molecule has 1 atom stereocenters. The molecule has 5 rings (SSSR count). The molecule has 3 heterocycles. The molecule has 59 heavy (non-hydrogen) atoms. The molecule has 1 aromatic heterocycles. The highest BCUT2D eigenvalue weighted by atomic mass is 32.2. The molecule has 0 radical (unpaired) electrons. The molecule has 0 saturated carbocycles. The molecular formula is C40H45F4N3O10S2. The smallest absolute Gasteiger partial charge is 0.416 e. The molecule has 3 aromatic rings. The molecule has 1 fully saturated rings. The summed E-state index contributed by atoms with van der Waals surface area (Å²) in [5, 5.41) is 1.31. The number of nitrogens with zero attached hydrogens (tertiary/aromatic N) is 3. The monoisotopic (exact) mass is 867 g/mol. The van der Waals surface area contributed by atoms with Crippen molar-refractivity contribution in [2.75, 3.05) is 23.0 Å². The fourth-order valence-corrected chi connectivity index (χ4v) is 8.80. The normalized spacial score (nSPS) is 18.2. The van der Waals surface area contributed by atoms with Crippen molar-refractivity contribution in [1.29, 1.82) is 0 Å². The number of pyridine rings is 1. The molecule has 13 nitrogen and oxygen atoms in total. The number of anilines is 1. The number of imide groups is 1. The number of hydroxylamine groups is 2. The Hall–Kier alpha value is -4.72. The largest absolute Gasteiger partial charge is 0.748 e. The molecular weight excluding hydrogens is 823 g/mol. The van der Waals surface area contributed by atoms with E-state index >= 15 is 4.39 Å². The van der Waals surface area contributed by atoms with Gasteiger partial charge in [-0.15, -0.1) is 5.06 Å². The fraction of sp³-hybridized carbons (Fsp3) is 0.450. The standard InChI is InChI=1S/C40H45F4N3O10S2/c1-39(21-6-2-3-16-37(50)57-47-35(48)19-20-36(47)49)34(46(23-8-10-25-59(54,55)56)33-27-29(41)26-31(38(33)39)40(42,43)44)15-11-13-30-18-17-28-12-4-5-14-32(28)45(30)22-7-9-24-58(51,52)53/h4-5,11-15,17-18,26-27H,2-3,6-10,16,19-25H2,1H3,(H-,51,52,53,54,55,56). The molecule has 1 saturated heterocycles. The highest BCUT2D eigenvalue weighted by molar-refractivity contribution is 7.85. The lowest BCUT2D eigenvalue weighted by Gasteiger charge is -2.31. The van der Waals surface area contributed by atoms with Gasteiger partial charge in [-0.05, 0) is 74.9 Å². The molecule has 0 bridgehead atoms. The van der Waals surface area contributed by atoms with E-state index < -0.39 is 72.5 Å². The molecule has 19 heteroatoms. The zero-order valence-corrected chi connectivity index (χ0v) is 33.9. The number of rotatable bonds is 19. The number of halogens is 4. The average Bonchev–Trinajstić information content (AvgIpc) is 3.57. The summed E-state index contributed by atoms with van der Waals surface area (Å²) < 4.78 is 127. The Labute approximate surface area is 339 Å². The van der Waals surface area contributed by atoms with Crippen LogP contribution in [0.1, 0.15) is 94.4 Å². The van der Waals surface area contributed by atoms with Gasteiger partial charge in [0.15, 0.2) is 0 Å². The maximum atomic E-state index is 15.1. The van der Waals surface area contributed by atoms with Crippen LogP contribution in [0.5, 0.6) is 0 Å². The number of para-hydroxylation sites is 1. The number of aryl methyl sites for hydroxylation is 1. The van der Waals surface area contributed by atoms with E-state index in [9.17, 15) is 53.5 Å². The molecule has 2 aliphatic rings. The van der Waals surface area contributed by atoms with Gasteiger partial charge < -0.3 is 14.3 Å². The predicted molar refractivity (Wildman–Crippen MR) is 207 cm³/mol. The van der Waals surface area contributed by atoms with Gasteiger partial charge in [0.05, 0.1) is 21.4 Å². The van der Waals surface area contributed by atoms with Gasteiger partial charge >= 0.3 is 12.1 Å². The zero-order chi connectivity index (χ0) is 43.2. The van der Waals surface area contributed by atoms with E-state index in [2.05, 4.69) is 0 Å². The number of amides is 2. The molecule has 1 unspecified atom stereocenters. The first-order valence-corrected chi connectivity index (χ1v) is 22.3. The first-order valence-electron chi connectivity index (χ1n) is 19.1. The van der Waals surface area contributed by atoms with Gasteiger partial charge in [0.1, 0.15) is 12.4 Å². The third kappa shape index (κ3) is 11.7. The lowest BCUT2D eigenvalue weighted by molar-refractivity contribution is -0.673. The lowest BCUT2D eigenvalue weighted by Crippen LogP contribution is -2.38. The summed E-state index contributed by atoms with van der Waals surface area (Å²) in [6, 6.07) is 12.6. The van der Waals surface area contributed by atoms with Crippen molar-refractivity contribution in [2.45, 2.75) is 95.7 Å². The van der Waals surface area contributed by atoms with Gasteiger partial charge in [-0.1, -0.05) is 31.1 Å². The second-order valence-electron chi connectivity index (χ2n) is 14.8. The second-order valence-corrected chi connectivity index (χ2v) is 17.9.